The molecule has 0 rings (SSSR count). The number of aliphatic hydroxyl groups is 1. The monoisotopic (exact) mass is 421 g/mol. The molecule has 0 saturated heterocycles. The number of rotatable bonds is 14. The van der Waals surface area contributed by atoms with Gasteiger partial charge in [-0.25, -0.2) is 0 Å². The third kappa shape index (κ3) is 7.98. The van der Waals surface area contributed by atoms with E-state index in [9.17, 15) is 5.11 Å². The fourth-order valence-electron chi connectivity index (χ4n) is 3.88. The number of allylic oxidation sites excluding steroid dienone is 2. The number of ether oxygens (including phenoxy) is 1. The van der Waals surface area contributed by atoms with Crippen molar-refractivity contribution in [1.82, 2.24) is 5.32 Å². The fraction of sp³-hybridized carbons (Fsp3) is 0.778. The molecule has 3 heteroatoms. The number of nitrogens with one attached hydrogen (secondary N) is 1. The number of aliphatic hydroxyl groups excluding tert-OH is 1. The molecule has 4 unspecified atom stereocenters. The summed E-state index contributed by atoms with van der Waals surface area (Å²) in [4.78, 5) is 0. The summed E-state index contributed by atoms with van der Waals surface area (Å²) in [6.07, 6.45) is 8.27. The van der Waals surface area contributed by atoms with Crippen molar-refractivity contribution in [2.24, 2.45) is 28.1 Å². The van der Waals surface area contributed by atoms with Crippen LogP contribution in [0.3, 0.4) is 0 Å². The van der Waals surface area contributed by atoms with Gasteiger partial charge in [0.1, 0.15) is 6.23 Å². The van der Waals surface area contributed by atoms with Crippen LogP contribution in [0, 0.1) is 28.1 Å². The smallest absolute Gasteiger partial charge is 0.130 e. The van der Waals surface area contributed by atoms with E-state index in [1.165, 1.54) is 0 Å². The molecule has 0 aliphatic heterocycles. The summed E-state index contributed by atoms with van der Waals surface area (Å²) in [6, 6.07) is 0. The maximum absolute atomic E-state index is 10.2. The van der Waals surface area contributed by atoms with Gasteiger partial charge in [0.25, 0.3) is 0 Å². The maximum Gasteiger partial charge on any atom is 0.130 e. The highest BCUT2D eigenvalue weighted by Gasteiger charge is 2.43. The van der Waals surface area contributed by atoms with Crippen LogP contribution in [0.2, 0.25) is 0 Å². The Balaban J connectivity index is 5.10. The molecule has 2 N–H and O–H groups in total. The van der Waals surface area contributed by atoms with Gasteiger partial charge in [-0.05, 0) is 62.0 Å². The Morgan fingerprint density at radius 2 is 1.60 bits per heavy atom. The summed E-state index contributed by atoms with van der Waals surface area (Å²) in [5.74, 6) is 1.24. The van der Waals surface area contributed by atoms with E-state index in [0.29, 0.717) is 24.0 Å². The lowest BCUT2D eigenvalue weighted by molar-refractivity contribution is -0.0911. The molecule has 0 aliphatic rings. The second kappa shape index (κ2) is 12.2. The molecule has 0 aromatic carbocycles. The Bertz CT molecular complexity index is 573. The fourth-order valence-corrected chi connectivity index (χ4v) is 3.88. The average molecular weight is 422 g/mol. The third-order valence-electron chi connectivity index (χ3n) is 7.79. The summed E-state index contributed by atoms with van der Waals surface area (Å²) < 4.78 is 6.51. The van der Waals surface area contributed by atoms with Crippen molar-refractivity contribution in [2.45, 2.75) is 94.9 Å². The SMILES string of the molecule is C=C(C=CC)C(O)NCCC(C)(C=CC)C(C)OCC(C)(C)C(C)(C)C(C)C(C)C. The molecule has 0 amide bonds. The molecule has 176 valence electrons. The molecule has 0 spiro atoms. The maximum atomic E-state index is 10.2. The summed E-state index contributed by atoms with van der Waals surface area (Å²) in [5, 5.41) is 13.4. The molecule has 0 saturated carbocycles. The largest absolute Gasteiger partial charge is 0.377 e. The zero-order valence-electron chi connectivity index (χ0n) is 21.8. The molecule has 0 aromatic rings. The van der Waals surface area contributed by atoms with Gasteiger partial charge < -0.3 is 9.84 Å². The van der Waals surface area contributed by atoms with Crippen molar-refractivity contribution >= 4 is 0 Å². The van der Waals surface area contributed by atoms with Crippen LogP contribution in [0.4, 0.5) is 0 Å². The van der Waals surface area contributed by atoms with Gasteiger partial charge in [0.15, 0.2) is 0 Å². The third-order valence-corrected chi connectivity index (χ3v) is 7.79. The van der Waals surface area contributed by atoms with Crippen molar-refractivity contribution in [3.05, 3.63) is 36.5 Å². The Labute approximate surface area is 188 Å². The first-order chi connectivity index (χ1) is 13.7. The van der Waals surface area contributed by atoms with Crippen LogP contribution in [-0.4, -0.2) is 30.6 Å². The Kier molecular flexibility index (Phi) is 11.9. The summed E-state index contributed by atoms with van der Waals surface area (Å²) >= 11 is 0. The van der Waals surface area contributed by atoms with Crippen LogP contribution >= 0.6 is 0 Å². The van der Waals surface area contributed by atoms with Gasteiger partial charge in [-0.1, -0.05) is 86.3 Å². The van der Waals surface area contributed by atoms with Crippen LogP contribution in [0.25, 0.3) is 0 Å². The van der Waals surface area contributed by atoms with Crippen molar-refractivity contribution in [2.75, 3.05) is 13.2 Å². The van der Waals surface area contributed by atoms with E-state index < -0.39 is 6.23 Å². The van der Waals surface area contributed by atoms with E-state index in [1.807, 2.05) is 19.1 Å². The molecule has 0 aromatic heterocycles. The molecule has 0 fully saturated rings. The van der Waals surface area contributed by atoms with E-state index in [2.05, 4.69) is 93.3 Å². The topological polar surface area (TPSA) is 41.5 Å². The van der Waals surface area contributed by atoms with Crippen LogP contribution in [0.5, 0.6) is 0 Å². The van der Waals surface area contributed by atoms with Gasteiger partial charge in [0.05, 0.1) is 12.7 Å². The molecule has 30 heavy (non-hydrogen) atoms. The van der Waals surface area contributed by atoms with Crippen molar-refractivity contribution in [1.29, 1.82) is 0 Å². The highest BCUT2D eigenvalue weighted by atomic mass is 16.5. The second-order valence-electron chi connectivity index (χ2n) is 10.8. The van der Waals surface area contributed by atoms with Crippen molar-refractivity contribution < 1.29 is 9.84 Å². The molecule has 0 radical (unpaired) electrons. The van der Waals surface area contributed by atoms with Crippen LogP contribution in [0.1, 0.15) is 82.6 Å². The zero-order chi connectivity index (χ0) is 23.8. The van der Waals surface area contributed by atoms with Crippen molar-refractivity contribution in [3.63, 3.8) is 0 Å². The van der Waals surface area contributed by atoms with Crippen LogP contribution in [-0.2, 0) is 4.74 Å². The molecule has 3 nitrogen and oxygen atoms in total. The first kappa shape index (κ1) is 29.1. The zero-order valence-corrected chi connectivity index (χ0v) is 21.8. The van der Waals surface area contributed by atoms with E-state index in [0.717, 1.165) is 13.0 Å². The van der Waals surface area contributed by atoms with E-state index in [-0.39, 0.29) is 22.3 Å². The minimum Gasteiger partial charge on any atom is -0.377 e. The average Bonchev–Trinajstić information content (AvgIpc) is 2.65. The van der Waals surface area contributed by atoms with Gasteiger partial charge in [0.2, 0.25) is 0 Å². The second-order valence-corrected chi connectivity index (χ2v) is 10.8. The first-order valence-electron chi connectivity index (χ1n) is 11.6. The van der Waals surface area contributed by atoms with E-state index >= 15 is 0 Å². The lowest BCUT2D eigenvalue weighted by Gasteiger charge is -2.48. The molecule has 0 aliphatic carbocycles. The Hall–Kier alpha value is -0.900. The predicted octanol–water partition coefficient (Wildman–Crippen LogP) is 6.75. The molecular weight excluding hydrogens is 370 g/mol. The highest BCUT2D eigenvalue weighted by molar-refractivity contribution is 5.17. The summed E-state index contributed by atoms with van der Waals surface area (Å²) in [6.45, 7) is 30.1. The lowest BCUT2D eigenvalue weighted by atomic mass is 9.59. The standard InChI is InChI=1S/C27H51NO2/c1-13-15-21(5)24(29)28-18-17-27(12,16-14-2)23(7)30-19-25(8,9)26(10,11)22(6)20(3)4/h13-16,20,22-24,28-29H,5,17-19H2,1-4,6-12H3. The molecule has 0 heterocycles. The van der Waals surface area contributed by atoms with E-state index in [1.54, 1.807) is 0 Å². The summed E-state index contributed by atoms with van der Waals surface area (Å²) in [5.41, 5.74) is 0.780. The van der Waals surface area contributed by atoms with E-state index in [4.69, 9.17) is 4.74 Å². The van der Waals surface area contributed by atoms with Gasteiger partial charge in [-0.15, -0.1) is 0 Å². The number of hydrogen-bond acceptors (Lipinski definition) is 3. The lowest BCUT2D eigenvalue weighted by Crippen LogP contribution is -2.45. The normalized spacial score (nSPS) is 18.7. The van der Waals surface area contributed by atoms with Gasteiger partial charge in [0, 0.05) is 5.41 Å². The van der Waals surface area contributed by atoms with Crippen molar-refractivity contribution in [3.8, 4) is 0 Å². The quantitative estimate of drug-likeness (QED) is 0.185. The minimum absolute atomic E-state index is 0.0560. The highest BCUT2D eigenvalue weighted by Crippen LogP contribution is 2.47. The predicted molar refractivity (Wildman–Crippen MR) is 132 cm³/mol. The Morgan fingerprint density at radius 1 is 1.03 bits per heavy atom. The molecule has 0 bridgehead atoms. The molecule has 4 atom stereocenters. The van der Waals surface area contributed by atoms with Gasteiger partial charge in [-0.3, -0.25) is 5.32 Å². The van der Waals surface area contributed by atoms with Gasteiger partial charge >= 0.3 is 0 Å². The van der Waals surface area contributed by atoms with Crippen LogP contribution < -0.4 is 5.32 Å². The summed E-state index contributed by atoms with van der Waals surface area (Å²) in [7, 11) is 0. The van der Waals surface area contributed by atoms with Crippen LogP contribution in [0.15, 0.2) is 36.5 Å². The molecular formula is C27H51NO2. The first-order valence-corrected chi connectivity index (χ1v) is 11.6. The Morgan fingerprint density at radius 3 is 2.07 bits per heavy atom. The van der Waals surface area contributed by atoms with Gasteiger partial charge in [-0.2, -0.15) is 0 Å². The minimum atomic E-state index is -0.718. The number of hydrogen-bond donors (Lipinski definition) is 2.